The molecule has 0 heterocycles. The van der Waals surface area contributed by atoms with Gasteiger partial charge in [0.15, 0.2) is 0 Å². The first kappa shape index (κ1) is 47.8. The molecule has 14 nitrogen and oxygen atoms in total. The van der Waals surface area contributed by atoms with Crippen LogP contribution in [0.4, 0.5) is 0 Å². The van der Waals surface area contributed by atoms with Crippen LogP contribution in [-0.2, 0) is 19.2 Å². The van der Waals surface area contributed by atoms with Gasteiger partial charge in [-0.05, 0) is 12.8 Å². The van der Waals surface area contributed by atoms with E-state index in [9.17, 15) is 19.2 Å². The van der Waals surface area contributed by atoms with Gasteiger partial charge in [-0.2, -0.15) is 0 Å². The van der Waals surface area contributed by atoms with E-state index in [1.165, 1.54) is 0 Å². The van der Waals surface area contributed by atoms with Crippen molar-refractivity contribution in [2.24, 2.45) is 10.8 Å². The number of rotatable bonds is 12. The van der Waals surface area contributed by atoms with Gasteiger partial charge in [-0.3, -0.25) is 0 Å². The molecule has 0 rings (SSSR count). The minimum absolute atomic E-state index is 0.156. The van der Waals surface area contributed by atoms with Crippen molar-refractivity contribution >= 4 is 23.9 Å². The van der Waals surface area contributed by atoms with Crippen LogP contribution in [0.1, 0.15) is 26.7 Å². The standard InChI is InChI=1S/2C6H14O3.4C3H4O2/c2*1-2-6(3-7,4-8)5-9;4*1-2-3(4)5/h2*7-9H,2-5H2,1H3;4*2H,1H2,(H,4,5). The molecule has 0 aliphatic heterocycles. The molecule has 0 aliphatic carbocycles. The third-order valence-electron chi connectivity index (χ3n) is 4.21. The van der Waals surface area contributed by atoms with E-state index in [-0.39, 0.29) is 39.6 Å². The molecule has 0 unspecified atom stereocenters. The molecule has 0 aromatic rings. The number of carboxylic acid groups (broad SMARTS) is 4. The Morgan fingerprint density at radius 1 is 0.474 bits per heavy atom. The first-order chi connectivity index (χ1) is 17.6. The van der Waals surface area contributed by atoms with Crippen molar-refractivity contribution in [3.63, 3.8) is 0 Å². The van der Waals surface area contributed by atoms with Crippen molar-refractivity contribution < 1.29 is 70.2 Å². The van der Waals surface area contributed by atoms with Crippen molar-refractivity contribution in [2.45, 2.75) is 26.7 Å². The number of carbonyl (C=O) groups is 4. The van der Waals surface area contributed by atoms with Crippen molar-refractivity contribution in [2.75, 3.05) is 39.6 Å². The fourth-order valence-electron chi connectivity index (χ4n) is 0.971. The van der Waals surface area contributed by atoms with Crippen LogP contribution in [-0.4, -0.2) is 115 Å². The number of aliphatic carboxylic acids is 4. The monoisotopic (exact) mass is 556 g/mol. The van der Waals surface area contributed by atoms with E-state index < -0.39 is 34.7 Å². The Labute approximate surface area is 222 Å². The Morgan fingerprint density at radius 2 is 0.579 bits per heavy atom. The Kier molecular flexibility index (Phi) is 42.2. The summed E-state index contributed by atoms with van der Waals surface area (Å²) < 4.78 is 0. The lowest BCUT2D eigenvalue weighted by atomic mass is 9.88. The van der Waals surface area contributed by atoms with Crippen molar-refractivity contribution in [3.05, 3.63) is 50.6 Å². The molecule has 0 bridgehead atoms. The van der Waals surface area contributed by atoms with E-state index in [1.54, 1.807) is 0 Å². The smallest absolute Gasteiger partial charge is 0.327 e. The summed E-state index contributed by atoms with van der Waals surface area (Å²) in [6.07, 6.45) is 4.52. The second-order valence-corrected chi connectivity index (χ2v) is 6.83. The summed E-state index contributed by atoms with van der Waals surface area (Å²) in [5.74, 6) is -3.93. The van der Waals surface area contributed by atoms with Crippen LogP contribution in [0.25, 0.3) is 0 Å². The predicted octanol–water partition coefficient (Wildman–Crippen LogP) is -0.253. The topological polar surface area (TPSA) is 271 Å². The molecule has 0 saturated carbocycles. The zero-order chi connectivity index (χ0) is 31.8. The SMILES string of the molecule is C=CC(=O)O.C=CC(=O)O.C=CC(=O)O.C=CC(=O)O.CCC(CO)(CO)CO.CCC(CO)(CO)CO. The summed E-state index contributed by atoms with van der Waals surface area (Å²) in [7, 11) is 0. The summed E-state index contributed by atoms with van der Waals surface area (Å²) in [5.41, 5.74) is -1.33. The van der Waals surface area contributed by atoms with Crippen molar-refractivity contribution in [1.29, 1.82) is 0 Å². The summed E-state index contributed by atoms with van der Waals surface area (Å²) in [6.45, 7) is 14.5. The van der Waals surface area contributed by atoms with Gasteiger partial charge in [0, 0.05) is 35.1 Å². The normalized spacial score (nSPS) is 9.05. The minimum atomic E-state index is -0.981. The fourth-order valence-corrected chi connectivity index (χ4v) is 0.971. The first-order valence-corrected chi connectivity index (χ1v) is 10.6. The molecule has 14 heteroatoms. The highest BCUT2D eigenvalue weighted by Gasteiger charge is 2.25. The lowest BCUT2D eigenvalue weighted by Gasteiger charge is -2.24. The molecule has 38 heavy (non-hydrogen) atoms. The van der Waals surface area contributed by atoms with Gasteiger partial charge in [0.1, 0.15) is 0 Å². The summed E-state index contributed by atoms with van der Waals surface area (Å²) >= 11 is 0. The van der Waals surface area contributed by atoms with Gasteiger partial charge in [0.25, 0.3) is 0 Å². The molecule has 0 aliphatic rings. The molecule has 224 valence electrons. The molecule has 0 saturated heterocycles. The van der Waals surface area contributed by atoms with Gasteiger partial charge in [0.05, 0.1) is 39.6 Å². The Bertz CT molecular complexity index is 523. The number of hydrogen-bond acceptors (Lipinski definition) is 10. The lowest BCUT2D eigenvalue weighted by Crippen LogP contribution is -2.32. The Morgan fingerprint density at radius 3 is 0.579 bits per heavy atom. The van der Waals surface area contributed by atoms with E-state index in [0.717, 1.165) is 24.3 Å². The predicted molar refractivity (Wildman–Crippen MR) is 139 cm³/mol. The maximum atomic E-state index is 9.25. The molecule has 0 aromatic carbocycles. The van der Waals surface area contributed by atoms with Crippen LogP contribution in [0.15, 0.2) is 50.6 Å². The van der Waals surface area contributed by atoms with E-state index in [4.69, 9.17) is 51.1 Å². The molecule has 0 fully saturated rings. The third kappa shape index (κ3) is 39.8. The Balaban J connectivity index is -0.0000000829. The van der Waals surface area contributed by atoms with Crippen molar-refractivity contribution in [1.82, 2.24) is 0 Å². The molecular formula is C24H44O14. The average Bonchev–Trinajstić information content (AvgIpc) is 2.93. The zero-order valence-corrected chi connectivity index (χ0v) is 21.9. The Hall–Kier alpha value is -3.40. The van der Waals surface area contributed by atoms with Crippen LogP contribution in [0.5, 0.6) is 0 Å². The van der Waals surface area contributed by atoms with E-state index in [1.807, 2.05) is 13.8 Å². The zero-order valence-electron chi connectivity index (χ0n) is 21.9. The van der Waals surface area contributed by atoms with E-state index in [0.29, 0.717) is 12.8 Å². The second-order valence-electron chi connectivity index (χ2n) is 6.83. The highest BCUT2D eigenvalue weighted by Crippen LogP contribution is 2.18. The molecule has 0 amide bonds. The highest BCUT2D eigenvalue weighted by molar-refractivity contribution is 5.79. The van der Waals surface area contributed by atoms with Gasteiger partial charge in [0.2, 0.25) is 0 Å². The van der Waals surface area contributed by atoms with Gasteiger partial charge < -0.3 is 51.1 Å². The lowest BCUT2D eigenvalue weighted by molar-refractivity contribution is -0.132. The molecule has 0 atom stereocenters. The van der Waals surface area contributed by atoms with Crippen LogP contribution >= 0.6 is 0 Å². The van der Waals surface area contributed by atoms with Crippen LogP contribution in [0.2, 0.25) is 0 Å². The number of carboxylic acids is 4. The molecule has 0 radical (unpaired) electrons. The third-order valence-corrected chi connectivity index (χ3v) is 4.21. The van der Waals surface area contributed by atoms with Crippen LogP contribution in [0.3, 0.4) is 0 Å². The highest BCUT2D eigenvalue weighted by atomic mass is 16.4. The minimum Gasteiger partial charge on any atom is -0.478 e. The summed E-state index contributed by atoms with van der Waals surface area (Å²) in [5, 5.41) is 82.4. The van der Waals surface area contributed by atoms with Gasteiger partial charge >= 0.3 is 23.9 Å². The molecular weight excluding hydrogens is 512 g/mol. The summed E-state index contributed by atoms with van der Waals surface area (Å²) in [6, 6.07) is 0. The van der Waals surface area contributed by atoms with E-state index in [2.05, 4.69) is 26.3 Å². The van der Waals surface area contributed by atoms with Crippen LogP contribution < -0.4 is 0 Å². The number of hydrogen-bond donors (Lipinski definition) is 10. The number of aliphatic hydroxyl groups excluding tert-OH is 6. The second kappa shape index (κ2) is 33.6. The van der Waals surface area contributed by atoms with Gasteiger partial charge in [-0.1, -0.05) is 40.2 Å². The fraction of sp³-hybridized carbons (Fsp3) is 0.500. The first-order valence-electron chi connectivity index (χ1n) is 10.6. The quantitative estimate of drug-likeness (QED) is 0.139. The van der Waals surface area contributed by atoms with Crippen LogP contribution in [0, 0.1) is 10.8 Å². The molecule has 10 N–H and O–H groups in total. The number of aliphatic hydroxyl groups is 6. The maximum Gasteiger partial charge on any atom is 0.327 e. The van der Waals surface area contributed by atoms with Gasteiger partial charge in [-0.15, -0.1) is 0 Å². The van der Waals surface area contributed by atoms with E-state index >= 15 is 0 Å². The molecule has 0 aromatic heterocycles. The average molecular weight is 557 g/mol. The largest absolute Gasteiger partial charge is 0.478 e. The summed E-state index contributed by atoms with van der Waals surface area (Å²) in [4.78, 5) is 37.0. The maximum absolute atomic E-state index is 9.25. The van der Waals surface area contributed by atoms with Crippen molar-refractivity contribution in [3.8, 4) is 0 Å². The molecule has 0 spiro atoms. The van der Waals surface area contributed by atoms with Gasteiger partial charge in [-0.25, -0.2) is 19.2 Å².